The standard InChI is InChI=1S/C16H24N2OS2/c1-9(2)14(19)15-13(17)12(11-4-5-11)16(21-15)18-6-7-20-10(3)8-18/h9-11H,4-8,17H2,1-3H3. The largest absolute Gasteiger partial charge is 0.397 e. The molecule has 1 saturated heterocycles. The van der Waals surface area contributed by atoms with Crippen molar-refractivity contribution in [1.82, 2.24) is 0 Å². The maximum atomic E-state index is 12.4. The molecule has 2 fully saturated rings. The van der Waals surface area contributed by atoms with Gasteiger partial charge in [0.25, 0.3) is 0 Å². The molecule has 1 saturated carbocycles. The Labute approximate surface area is 135 Å². The fourth-order valence-electron chi connectivity index (χ4n) is 2.89. The van der Waals surface area contributed by atoms with Gasteiger partial charge in [-0.2, -0.15) is 11.8 Å². The molecule has 2 aliphatic rings. The number of anilines is 2. The zero-order valence-electron chi connectivity index (χ0n) is 13.0. The second-order valence-electron chi connectivity index (χ2n) is 6.48. The number of Topliss-reactive ketones (excluding diaryl/α,β-unsaturated/α-hetero) is 1. The second kappa shape index (κ2) is 5.84. The average Bonchev–Trinajstić information content (AvgIpc) is 3.21. The molecule has 3 nitrogen and oxygen atoms in total. The fraction of sp³-hybridized carbons (Fsp3) is 0.688. The first kappa shape index (κ1) is 15.2. The smallest absolute Gasteiger partial charge is 0.177 e. The third-order valence-electron chi connectivity index (χ3n) is 4.23. The number of carbonyl (C=O) groups is 1. The first-order valence-corrected chi connectivity index (χ1v) is 9.68. The first-order chi connectivity index (χ1) is 9.99. The molecule has 1 aliphatic heterocycles. The minimum Gasteiger partial charge on any atom is -0.397 e. The number of nitrogen functional groups attached to an aromatic ring is 1. The summed E-state index contributed by atoms with van der Waals surface area (Å²) in [5, 5.41) is 1.93. The zero-order valence-corrected chi connectivity index (χ0v) is 14.6. The summed E-state index contributed by atoms with van der Waals surface area (Å²) in [6.07, 6.45) is 2.45. The molecular formula is C16H24N2OS2. The van der Waals surface area contributed by atoms with Crippen molar-refractivity contribution >= 4 is 39.6 Å². The van der Waals surface area contributed by atoms with Crippen molar-refractivity contribution in [2.45, 2.75) is 44.8 Å². The second-order valence-corrected chi connectivity index (χ2v) is 9.03. The summed E-state index contributed by atoms with van der Waals surface area (Å²) in [6.45, 7) is 8.34. The Balaban J connectivity index is 1.98. The average molecular weight is 325 g/mol. The third kappa shape index (κ3) is 2.95. The van der Waals surface area contributed by atoms with E-state index in [1.165, 1.54) is 23.4 Å². The van der Waals surface area contributed by atoms with Crippen LogP contribution in [-0.2, 0) is 0 Å². The molecule has 0 spiro atoms. The molecule has 2 heterocycles. The van der Waals surface area contributed by atoms with Crippen LogP contribution < -0.4 is 10.6 Å². The molecule has 21 heavy (non-hydrogen) atoms. The van der Waals surface area contributed by atoms with Crippen LogP contribution in [0.25, 0.3) is 0 Å². The summed E-state index contributed by atoms with van der Waals surface area (Å²) in [6, 6.07) is 0. The van der Waals surface area contributed by atoms with E-state index in [9.17, 15) is 4.79 Å². The number of nitrogens with two attached hydrogens (primary N) is 1. The number of rotatable bonds is 4. The molecule has 3 rings (SSSR count). The molecular weight excluding hydrogens is 300 g/mol. The van der Waals surface area contributed by atoms with E-state index in [0.717, 1.165) is 29.4 Å². The number of nitrogens with zero attached hydrogens (tertiary/aromatic N) is 1. The number of hydrogen-bond donors (Lipinski definition) is 1. The Morgan fingerprint density at radius 3 is 2.67 bits per heavy atom. The maximum Gasteiger partial charge on any atom is 0.177 e. The quantitative estimate of drug-likeness (QED) is 0.851. The Hall–Kier alpha value is -0.680. The Bertz CT molecular complexity index is 549. The van der Waals surface area contributed by atoms with Crippen molar-refractivity contribution in [1.29, 1.82) is 0 Å². The van der Waals surface area contributed by atoms with Crippen LogP contribution in [0.3, 0.4) is 0 Å². The summed E-state index contributed by atoms with van der Waals surface area (Å²) >= 11 is 3.67. The predicted octanol–water partition coefficient (Wildman–Crippen LogP) is 3.99. The SMILES string of the molecule is CC1CN(c2sc(C(=O)C(C)C)c(N)c2C2CC2)CCS1. The van der Waals surface area contributed by atoms with E-state index < -0.39 is 0 Å². The number of thioether (sulfide) groups is 1. The van der Waals surface area contributed by atoms with Gasteiger partial charge in [-0.15, -0.1) is 11.3 Å². The highest BCUT2D eigenvalue weighted by Crippen LogP contribution is 2.52. The van der Waals surface area contributed by atoms with E-state index in [2.05, 4.69) is 11.8 Å². The summed E-state index contributed by atoms with van der Waals surface area (Å²) in [7, 11) is 0. The molecule has 0 amide bonds. The van der Waals surface area contributed by atoms with Crippen LogP contribution in [0.5, 0.6) is 0 Å². The van der Waals surface area contributed by atoms with E-state index in [4.69, 9.17) is 5.73 Å². The van der Waals surface area contributed by atoms with Crippen LogP contribution in [0.1, 0.15) is 54.8 Å². The minimum absolute atomic E-state index is 0.0155. The van der Waals surface area contributed by atoms with Gasteiger partial charge in [-0.25, -0.2) is 0 Å². The number of carbonyl (C=O) groups excluding carboxylic acids is 1. The molecule has 1 aliphatic carbocycles. The van der Waals surface area contributed by atoms with Gasteiger partial charge < -0.3 is 10.6 Å². The molecule has 5 heteroatoms. The van der Waals surface area contributed by atoms with Crippen LogP contribution in [0.15, 0.2) is 0 Å². The highest BCUT2D eigenvalue weighted by atomic mass is 32.2. The third-order valence-corrected chi connectivity index (χ3v) is 6.66. The number of thiophene rings is 1. The highest BCUT2D eigenvalue weighted by Gasteiger charge is 2.35. The normalized spacial score (nSPS) is 22.9. The lowest BCUT2D eigenvalue weighted by Gasteiger charge is -2.32. The summed E-state index contributed by atoms with van der Waals surface area (Å²) in [4.78, 5) is 15.7. The molecule has 0 bridgehead atoms. The van der Waals surface area contributed by atoms with Gasteiger partial charge in [-0.1, -0.05) is 20.8 Å². The lowest BCUT2D eigenvalue weighted by atomic mass is 10.0. The van der Waals surface area contributed by atoms with Gasteiger partial charge in [0.05, 0.1) is 15.6 Å². The maximum absolute atomic E-state index is 12.4. The van der Waals surface area contributed by atoms with E-state index >= 15 is 0 Å². The minimum atomic E-state index is 0.0155. The van der Waals surface area contributed by atoms with Gasteiger partial charge >= 0.3 is 0 Å². The van der Waals surface area contributed by atoms with Crippen LogP contribution in [0.4, 0.5) is 10.7 Å². The summed E-state index contributed by atoms with van der Waals surface area (Å²) in [5.74, 6) is 1.97. The monoisotopic (exact) mass is 324 g/mol. The van der Waals surface area contributed by atoms with Gasteiger partial charge in [0, 0.05) is 35.6 Å². The van der Waals surface area contributed by atoms with Gasteiger partial charge in [0.1, 0.15) is 0 Å². The Morgan fingerprint density at radius 1 is 1.38 bits per heavy atom. The topological polar surface area (TPSA) is 46.3 Å². The van der Waals surface area contributed by atoms with Crippen molar-refractivity contribution in [2.75, 3.05) is 29.5 Å². The van der Waals surface area contributed by atoms with Crippen LogP contribution in [0, 0.1) is 5.92 Å². The van der Waals surface area contributed by atoms with E-state index in [1.54, 1.807) is 11.3 Å². The lowest BCUT2D eigenvalue weighted by Crippen LogP contribution is -2.36. The summed E-state index contributed by atoms with van der Waals surface area (Å²) < 4.78 is 0. The van der Waals surface area contributed by atoms with Crippen LogP contribution >= 0.6 is 23.1 Å². The number of ketones is 1. The molecule has 1 aromatic heterocycles. The van der Waals surface area contributed by atoms with Gasteiger partial charge in [-0.05, 0) is 18.8 Å². The molecule has 1 unspecified atom stereocenters. The van der Waals surface area contributed by atoms with E-state index in [1.807, 2.05) is 25.6 Å². The fourth-order valence-corrected chi connectivity index (χ4v) is 5.34. The van der Waals surface area contributed by atoms with E-state index in [-0.39, 0.29) is 11.7 Å². The molecule has 1 atom stereocenters. The molecule has 2 N–H and O–H groups in total. The van der Waals surface area contributed by atoms with Crippen molar-refractivity contribution in [3.05, 3.63) is 10.4 Å². The Kier molecular flexibility index (Phi) is 4.23. The van der Waals surface area contributed by atoms with Crippen molar-refractivity contribution in [3.8, 4) is 0 Å². The van der Waals surface area contributed by atoms with E-state index in [0.29, 0.717) is 11.2 Å². The van der Waals surface area contributed by atoms with Crippen molar-refractivity contribution in [3.63, 3.8) is 0 Å². The van der Waals surface area contributed by atoms with Crippen molar-refractivity contribution < 1.29 is 4.79 Å². The summed E-state index contributed by atoms with van der Waals surface area (Å²) in [5.41, 5.74) is 8.44. The van der Waals surface area contributed by atoms with Gasteiger partial charge in [0.2, 0.25) is 0 Å². The number of hydrogen-bond acceptors (Lipinski definition) is 5. The molecule has 1 aromatic rings. The molecule has 116 valence electrons. The highest BCUT2D eigenvalue weighted by molar-refractivity contribution is 8.00. The van der Waals surface area contributed by atoms with Gasteiger partial charge in [0.15, 0.2) is 5.78 Å². The molecule has 0 radical (unpaired) electrons. The van der Waals surface area contributed by atoms with Crippen LogP contribution in [0.2, 0.25) is 0 Å². The first-order valence-electron chi connectivity index (χ1n) is 7.82. The van der Waals surface area contributed by atoms with Crippen LogP contribution in [-0.4, -0.2) is 29.9 Å². The van der Waals surface area contributed by atoms with Gasteiger partial charge in [-0.3, -0.25) is 4.79 Å². The zero-order chi connectivity index (χ0) is 15.1. The Morgan fingerprint density at radius 2 is 2.10 bits per heavy atom. The lowest BCUT2D eigenvalue weighted by molar-refractivity contribution is 0.0944. The van der Waals surface area contributed by atoms with Crippen molar-refractivity contribution in [2.24, 2.45) is 5.92 Å². The molecule has 0 aromatic carbocycles. The predicted molar refractivity (Wildman–Crippen MR) is 94.0 cm³/mol.